The Kier molecular flexibility index (Phi) is 4.74. The molecule has 0 aliphatic rings. The zero-order valence-electron chi connectivity index (χ0n) is 14.4. The molecule has 130 valence electrons. The van der Waals surface area contributed by atoms with Gasteiger partial charge in [-0.15, -0.1) is 0 Å². The summed E-state index contributed by atoms with van der Waals surface area (Å²) in [5.41, 5.74) is 4.29. The highest BCUT2D eigenvalue weighted by atomic mass is 32.2. The van der Waals surface area contributed by atoms with Crippen LogP contribution in [0, 0.1) is 25.2 Å². The lowest BCUT2D eigenvalue weighted by Gasteiger charge is -2.11. The number of anilines is 1. The molecule has 0 fully saturated rings. The minimum Gasteiger partial charge on any atom is -0.280 e. The Morgan fingerprint density at radius 1 is 0.923 bits per heavy atom. The van der Waals surface area contributed by atoms with Crippen LogP contribution in [0.1, 0.15) is 16.8 Å². The van der Waals surface area contributed by atoms with E-state index in [-0.39, 0.29) is 4.90 Å². The van der Waals surface area contributed by atoms with Crippen LogP contribution in [-0.2, 0) is 10.0 Å². The molecule has 0 spiro atoms. The number of benzene rings is 2. The number of hydrogen-bond donors (Lipinski definition) is 1. The summed E-state index contributed by atoms with van der Waals surface area (Å²) in [5.74, 6) is 0. The van der Waals surface area contributed by atoms with Crippen LogP contribution in [-0.4, -0.2) is 13.4 Å². The third-order valence-corrected chi connectivity index (χ3v) is 5.27. The average Bonchev–Trinajstić information content (AvgIpc) is 2.61. The molecule has 1 heterocycles. The number of aromatic nitrogens is 1. The van der Waals surface area contributed by atoms with Gasteiger partial charge in [0.15, 0.2) is 0 Å². The van der Waals surface area contributed by atoms with Crippen molar-refractivity contribution in [1.29, 1.82) is 5.26 Å². The Bertz CT molecular complexity index is 1100. The molecule has 0 amide bonds. The highest BCUT2D eigenvalue weighted by molar-refractivity contribution is 7.92. The van der Waals surface area contributed by atoms with Gasteiger partial charge in [0.1, 0.15) is 11.8 Å². The van der Waals surface area contributed by atoms with Crippen LogP contribution in [0.3, 0.4) is 0 Å². The van der Waals surface area contributed by atoms with Gasteiger partial charge >= 0.3 is 0 Å². The van der Waals surface area contributed by atoms with Crippen molar-refractivity contribution in [2.75, 3.05) is 4.72 Å². The summed E-state index contributed by atoms with van der Waals surface area (Å²) >= 11 is 0. The molecule has 26 heavy (non-hydrogen) atoms. The molecule has 0 unspecified atom stereocenters. The SMILES string of the molecule is Cc1ccc(S(=O)(=O)Nc2cc(C)cc(-c3ccnc(C#N)c3)c2)cc1. The van der Waals surface area contributed by atoms with Gasteiger partial charge in [0, 0.05) is 11.9 Å². The third-order valence-electron chi connectivity index (χ3n) is 3.87. The zero-order chi connectivity index (χ0) is 18.7. The van der Waals surface area contributed by atoms with E-state index in [1.165, 1.54) is 0 Å². The number of sulfonamides is 1. The topological polar surface area (TPSA) is 82.8 Å². The Morgan fingerprint density at radius 2 is 1.65 bits per heavy atom. The summed E-state index contributed by atoms with van der Waals surface area (Å²) in [6, 6.07) is 17.6. The van der Waals surface area contributed by atoms with Crippen molar-refractivity contribution in [2.24, 2.45) is 0 Å². The van der Waals surface area contributed by atoms with Gasteiger partial charge in [0.25, 0.3) is 10.0 Å². The lowest BCUT2D eigenvalue weighted by molar-refractivity contribution is 0.601. The van der Waals surface area contributed by atoms with Crippen molar-refractivity contribution in [2.45, 2.75) is 18.7 Å². The van der Waals surface area contributed by atoms with Crippen molar-refractivity contribution in [3.05, 3.63) is 77.6 Å². The van der Waals surface area contributed by atoms with Gasteiger partial charge in [-0.25, -0.2) is 13.4 Å². The van der Waals surface area contributed by atoms with Gasteiger partial charge in [-0.3, -0.25) is 4.72 Å². The van der Waals surface area contributed by atoms with Crippen molar-refractivity contribution in [3.63, 3.8) is 0 Å². The maximum absolute atomic E-state index is 12.6. The minimum absolute atomic E-state index is 0.210. The molecule has 2 aromatic carbocycles. The smallest absolute Gasteiger partial charge is 0.261 e. The summed E-state index contributed by atoms with van der Waals surface area (Å²) in [7, 11) is -3.67. The number of nitrogens with zero attached hydrogens (tertiary/aromatic N) is 2. The van der Waals surface area contributed by atoms with Gasteiger partial charge in [-0.2, -0.15) is 5.26 Å². The second-order valence-corrected chi connectivity index (χ2v) is 7.73. The molecule has 3 aromatic rings. The van der Waals surface area contributed by atoms with Gasteiger partial charge < -0.3 is 0 Å². The van der Waals surface area contributed by atoms with Gasteiger partial charge in [0.05, 0.1) is 4.90 Å². The molecule has 0 radical (unpaired) electrons. The summed E-state index contributed by atoms with van der Waals surface area (Å²) in [6.45, 7) is 3.79. The fourth-order valence-corrected chi connectivity index (χ4v) is 3.65. The zero-order valence-corrected chi connectivity index (χ0v) is 15.2. The first-order chi connectivity index (χ1) is 12.4. The van der Waals surface area contributed by atoms with Crippen molar-refractivity contribution < 1.29 is 8.42 Å². The molecule has 0 aliphatic carbocycles. The first-order valence-corrected chi connectivity index (χ1v) is 9.43. The fourth-order valence-electron chi connectivity index (χ4n) is 2.61. The van der Waals surface area contributed by atoms with E-state index in [2.05, 4.69) is 9.71 Å². The fraction of sp³-hybridized carbons (Fsp3) is 0.100. The Balaban J connectivity index is 1.97. The Labute approximate surface area is 153 Å². The third kappa shape index (κ3) is 3.90. The van der Waals surface area contributed by atoms with Crippen LogP contribution < -0.4 is 4.72 Å². The largest absolute Gasteiger partial charge is 0.280 e. The first kappa shape index (κ1) is 17.6. The van der Waals surface area contributed by atoms with E-state index in [0.29, 0.717) is 11.4 Å². The highest BCUT2D eigenvalue weighted by Crippen LogP contribution is 2.26. The molecular weight excluding hydrogens is 346 g/mol. The number of nitrogens with one attached hydrogen (secondary N) is 1. The predicted molar refractivity (Wildman–Crippen MR) is 101 cm³/mol. The summed E-state index contributed by atoms with van der Waals surface area (Å²) < 4.78 is 27.8. The molecule has 0 aliphatic heterocycles. The van der Waals surface area contributed by atoms with Crippen LogP contribution in [0.25, 0.3) is 11.1 Å². The average molecular weight is 363 g/mol. The second kappa shape index (κ2) is 6.98. The summed E-state index contributed by atoms with van der Waals surface area (Å²) in [4.78, 5) is 4.17. The molecule has 3 rings (SSSR count). The molecule has 0 bridgehead atoms. The van der Waals surface area contributed by atoms with E-state index in [1.807, 2.05) is 26.0 Å². The van der Waals surface area contributed by atoms with E-state index in [0.717, 1.165) is 22.3 Å². The first-order valence-electron chi connectivity index (χ1n) is 7.95. The van der Waals surface area contributed by atoms with Gasteiger partial charge in [0.2, 0.25) is 0 Å². The molecule has 1 aromatic heterocycles. The van der Waals surface area contributed by atoms with Crippen molar-refractivity contribution in [3.8, 4) is 17.2 Å². The standard InChI is InChI=1S/C20H17N3O2S/c1-14-3-5-20(6-4-14)26(24,25)23-18-10-15(2)9-17(12-18)16-7-8-22-19(11-16)13-21/h3-12,23H,1-2H3. The molecule has 0 saturated heterocycles. The van der Waals surface area contributed by atoms with E-state index in [1.54, 1.807) is 54.7 Å². The van der Waals surface area contributed by atoms with Crippen molar-refractivity contribution >= 4 is 15.7 Å². The molecule has 5 nitrogen and oxygen atoms in total. The number of hydrogen-bond acceptors (Lipinski definition) is 4. The quantitative estimate of drug-likeness (QED) is 0.758. The predicted octanol–water partition coefficient (Wildman–Crippen LogP) is 4.04. The number of aryl methyl sites for hydroxylation is 2. The van der Waals surface area contributed by atoms with Crippen molar-refractivity contribution in [1.82, 2.24) is 4.98 Å². The highest BCUT2D eigenvalue weighted by Gasteiger charge is 2.14. The Hall–Kier alpha value is -3.17. The monoisotopic (exact) mass is 363 g/mol. The second-order valence-electron chi connectivity index (χ2n) is 6.05. The lowest BCUT2D eigenvalue weighted by Crippen LogP contribution is -2.13. The van der Waals surface area contributed by atoms with Gasteiger partial charge in [-0.1, -0.05) is 23.8 Å². The lowest BCUT2D eigenvalue weighted by atomic mass is 10.0. The molecular formula is C20H17N3O2S. The van der Waals surface area contributed by atoms with E-state index in [9.17, 15) is 8.42 Å². The van der Waals surface area contributed by atoms with Gasteiger partial charge in [-0.05, 0) is 66.9 Å². The van der Waals surface area contributed by atoms with E-state index < -0.39 is 10.0 Å². The van der Waals surface area contributed by atoms with Crippen LogP contribution >= 0.6 is 0 Å². The minimum atomic E-state index is -3.67. The summed E-state index contributed by atoms with van der Waals surface area (Å²) in [6.07, 6.45) is 1.56. The molecule has 0 atom stereocenters. The number of rotatable bonds is 4. The molecule has 6 heteroatoms. The normalized spacial score (nSPS) is 11.0. The molecule has 1 N–H and O–H groups in total. The number of nitriles is 1. The number of pyridine rings is 1. The van der Waals surface area contributed by atoms with Crippen LogP contribution in [0.4, 0.5) is 5.69 Å². The Morgan fingerprint density at radius 3 is 2.35 bits per heavy atom. The van der Waals surface area contributed by atoms with Crippen LogP contribution in [0.15, 0.2) is 65.7 Å². The maximum atomic E-state index is 12.6. The van der Waals surface area contributed by atoms with Crippen LogP contribution in [0.5, 0.6) is 0 Å². The van der Waals surface area contributed by atoms with E-state index in [4.69, 9.17) is 5.26 Å². The van der Waals surface area contributed by atoms with E-state index >= 15 is 0 Å². The summed E-state index contributed by atoms with van der Waals surface area (Å²) in [5, 5.41) is 9.01. The molecule has 0 saturated carbocycles. The maximum Gasteiger partial charge on any atom is 0.261 e. The van der Waals surface area contributed by atoms with Crippen LogP contribution in [0.2, 0.25) is 0 Å².